The molecular formula is C26H21F2N7O2. The summed E-state index contributed by atoms with van der Waals surface area (Å²) in [5, 5.41) is 13.6. The molecule has 9 nitrogen and oxygen atoms in total. The van der Waals surface area contributed by atoms with Crippen molar-refractivity contribution < 1.29 is 18.4 Å². The Kier molecular flexibility index (Phi) is 6.42. The number of carbonyl (C=O) groups excluding carboxylic acids is 2. The Hall–Kier alpha value is -4.93. The molecule has 0 saturated heterocycles. The molecule has 186 valence electrons. The van der Waals surface area contributed by atoms with E-state index in [2.05, 4.69) is 25.8 Å². The standard InChI is InChI=1S/C26H21F2N7O2/c1-2-34-21(11-12-29-34)26(37)32-18-10-6-9-17(13-18)31-25(36)19-15-30-35-22(23(27)28)14-20(33-24(19)35)16-7-4-3-5-8-16/h3-15,23H,2H2,1H3,(H,31,36)(H,32,37). The van der Waals surface area contributed by atoms with Crippen LogP contribution in [-0.2, 0) is 6.54 Å². The quantitative estimate of drug-likeness (QED) is 0.324. The molecule has 2 amide bonds. The third kappa shape index (κ3) is 4.79. The van der Waals surface area contributed by atoms with Crippen molar-refractivity contribution in [2.45, 2.75) is 19.9 Å². The zero-order valence-corrected chi connectivity index (χ0v) is 19.6. The Morgan fingerprint density at radius 3 is 2.35 bits per heavy atom. The van der Waals surface area contributed by atoms with Crippen molar-refractivity contribution in [3.63, 3.8) is 0 Å². The number of halogens is 2. The molecule has 0 atom stereocenters. The predicted molar refractivity (Wildman–Crippen MR) is 134 cm³/mol. The summed E-state index contributed by atoms with van der Waals surface area (Å²) in [6.45, 7) is 2.42. The maximum absolute atomic E-state index is 13.8. The summed E-state index contributed by atoms with van der Waals surface area (Å²) in [6.07, 6.45) is -0.0780. The van der Waals surface area contributed by atoms with Crippen LogP contribution in [0.2, 0.25) is 0 Å². The van der Waals surface area contributed by atoms with Crippen LogP contribution in [0.4, 0.5) is 20.2 Å². The Morgan fingerprint density at radius 1 is 0.919 bits per heavy atom. The van der Waals surface area contributed by atoms with Crippen molar-refractivity contribution in [3.05, 3.63) is 96.1 Å². The smallest absolute Gasteiger partial charge is 0.280 e. The Labute approximate surface area is 209 Å². The van der Waals surface area contributed by atoms with E-state index < -0.39 is 12.3 Å². The Balaban J connectivity index is 1.42. The van der Waals surface area contributed by atoms with Crippen LogP contribution in [0.1, 0.15) is 39.9 Å². The molecule has 5 rings (SSSR count). The number of carbonyl (C=O) groups is 2. The average Bonchev–Trinajstić information content (AvgIpc) is 3.56. The lowest BCUT2D eigenvalue weighted by atomic mass is 10.1. The molecule has 3 heterocycles. The second kappa shape index (κ2) is 9.97. The largest absolute Gasteiger partial charge is 0.322 e. The molecule has 0 radical (unpaired) electrons. The van der Waals surface area contributed by atoms with Crippen LogP contribution < -0.4 is 10.6 Å². The Bertz CT molecular complexity index is 1600. The first-order valence-corrected chi connectivity index (χ1v) is 11.4. The molecule has 3 aromatic heterocycles. The molecule has 5 aromatic rings. The number of anilines is 2. The summed E-state index contributed by atoms with van der Waals surface area (Å²) in [5.41, 5.74) is 1.83. The highest BCUT2D eigenvalue weighted by Crippen LogP contribution is 2.27. The van der Waals surface area contributed by atoms with Gasteiger partial charge in [-0.2, -0.15) is 10.2 Å². The van der Waals surface area contributed by atoms with Crippen LogP contribution in [0.5, 0.6) is 0 Å². The van der Waals surface area contributed by atoms with Crippen molar-refractivity contribution in [1.82, 2.24) is 24.4 Å². The van der Waals surface area contributed by atoms with Gasteiger partial charge < -0.3 is 10.6 Å². The molecule has 37 heavy (non-hydrogen) atoms. The van der Waals surface area contributed by atoms with Gasteiger partial charge in [0.1, 0.15) is 17.0 Å². The van der Waals surface area contributed by atoms with E-state index in [4.69, 9.17) is 0 Å². The van der Waals surface area contributed by atoms with Crippen molar-refractivity contribution in [2.75, 3.05) is 10.6 Å². The van der Waals surface area contributed by atoms with Crippen LogP contribution >= 0.6 is 0 Å². The minimum absolute atomic E-state index is 0.00596. The first kappa shape index (κ1) is 23.8. The molecule has 0 unspecified atom stereocenters. The first-order valence-electron chi connectivity index (χ1n) is 11.4. The Morgan fingerprint density at radius 2 is 1.65 bits per heavy atom. The highest BCUT2D eigenvalue weighted by molar-refractivity contribution is 6.09. The van der Waals surface area contributed by atoms with Crippen LogP contribution in [0.3, 0.4) is 0 Å². The van der Waals surface area contributed by atoms with Crippen molar-refractivity contribution in [3.8, 4) is 11.3 Å². The van der Waals surface area contributed by atoms with Gasteiger partial charge in [0.15, 0.2) is 5.65 Å². The monoisotopic (exact) mass is 501 g/mol. The van der Waals surface area contributed by atoms with Gasteiger partial charge in [-0.25, -0.2) is 18.3 Å². The number of hydrogen-bond donors (Lipinski definition) is 2. The number of aromatic nitrogens is 5. The number of hydrogen-bond acceptors (Lipinski definition) is 5. The summed E-state index contributed by atoms with van der Waals surface area (Å²) in [5.74, 6) is -0.928. The number of aryl methyl sites for hydroxylation is 1. The number of amides is 2. The van der Waals surface area contributed by atoms with Gasteiger partial charge in [-0.05, 0) is 37.3 Å². The molecule has 11 heteroatoms. The van der Waals surface area contributed by atoms with E-state index in [1.807, 2.05) is 13.0 Å². The minimum atomic E-state index is -2.83. The van der Waals surface area contributed by atoms with Gasteiger partial charge in [-0.1, -0.05) is 36.4 Å². The average molecular weight is 501 g/mol. The molecule has 0 aliphatic heterocycles. The fourth-order valence-corrected chi connectivity index (χ4v) is 3.90. The summed E-state index contributed by atoms with van der Waals surface area (Å²) < 4.78 is 30.2. The zero-order chi connectivity index (χ0) is 25.9. The van der Waals surface area contributed by atoms with E-state index in [9.17, 15) is 18.4 Å². The second-order valence-electron chi connectivity index (χ2n) is 8.05. The predicted octanol–water partition coefficient (Wildman–Crippen LogP) is 5.05. The molecule has 0 aliphatic carbocycles. The first-order chi connectivity index (χ1) is 17.9. The topological polar surface area (TPSA) is 106 Å². The lowest BCUT2D eigenvalue weighted by Gasteiger charge is -2.10. The third-order valence-corrected chi connectivity index (χ3v) is 5.66. The highest BCUT2D eigenvalue weighted by Gasteiger charge is 2.22. The van der Waals surface area contributed by atoms with E-state index in [0.717, 1.165) is 4.52 Å². The SMILES string of the molecule is CCn1nccc1C(=O)Nc1cccc(NC(=O)c2cnn3c(C(F)F)cc(-c4ccccc4)nc23)c1. The van der Waals surface area contributed by atoms with E-state index >= 15 is 0 Å². The van der Waals surface area contributed by atoms with Gasteiger partial charge in [-0.15, -0.1) is 0 Å². The number of nitrogens with one attached hydrogen (secondary N) is 2. The van der Waals surface area contributed by atoms with E-state index in [0.29, 0.717) is 34.9 Å². The second-order valence-corrected chi connectivity index (χ2v) is 8.05. The lowest BCUT2D eigenvalue weighted by molar-refractivity contribution is 0.101. The van der Waals surface area contributed by atoms with Crippen LogP contribution in [0.25, 0.3) is 16.9 Å². The maximum atomic E-state index is 13.8. The van der Waals surface area contributed by atoms with E-state index in [-0.39, 0.29) is 22.8 Å². The minimum Gasteiger partial charge on any atom is -0.322 e. The summed E-state index contributed by atoms with van der Waals surface area (Å²) in [4.78, 5) is 30.2. The van der Waals surface area contributed by atoms with E-state index in [1.54, 1.807) is 65.5 Å². The fourth-order valence-electron chi connectivity index (χ4n) is 3.90. The molecule has 2 aromatic carbocycles. The lowest BCUT2D eigenvalue weighted by Crippen LogP contribution is -2.17. The van der Waals surface area contributed by atoms with Crippen molar-refractivity contribution >= 4 is 28.8 Å². The van der Waals surface area contributed by atoms with Gasteiger partial charge >= 0.3 is 0 Å². The van der Waals surface area contributed by atoms with Crippen molar-refractivity contribution in [2.24, 2.45) is 0 Å². The summed E-state index contributed by atoms with van der Waals surface area (Å²) >= 11 is 0. The van der Waals surface area contributed by atoms with Gasteiger partial charge in [0.2, 0.25) is 0 Å². The van der Waals surface area contributed by atoms with Gasteiger partial charge in [0, 0.05) is 29.7 Å². The van der Waals surface area contributed by atoms with Crippen LogP contribution in [-0.4, -0.2) is 36.2 Å². The van der Waals surface area contributed by atoms with Gasteiger partial charge in [0.05, 0.1) is 11.9 Å². The van der Waals surface area contributed by atoms with Gasteiger partial charge in [-0.3, -0.25) is 14.3 Å². The third-order valence-electron chi connectivity index (χ3n) is 5.66. The zero-order valence-electron chi connectivity index (χ0n) is 19.6. The fraction of sp³-hybridized carbons (Fsp3) is 0.115. The summed E-state index contributed by atoms with van der Waals surface area (Å²) in [7, 11) is 0. The van der Waals surface area contributed by atoms with Crippen LogP contribution in [0.15, 0.2) is 79.1 Å². The number of benzene rings is 2. The number of nitrogens with zero attached hydrogens (tertiary/aromatic N) is 5. The molecule has 0 bridgehead atoms. The molecule has 2 N–H and O–H groups in total. The molecular weight excluding hydrogens is 480 g/mol. The number of rotatable bonds is 7. The summed E-state index contributed by atoms with van der Waals surface area (Å²) in [6, 6.07) is 18.3. The molecule has 0 aliphatic rings. The highest BCUT2D eigenvalue weighted by atomic mass is 19.3. The number of fused-ring (bicyclic) bond motifs is 1. The van der Waals surface area contributed by atoms with Crippen LogP contribution in [0, 0.1) is 0 Å². The van der Waals surface area contributed by atoms with Gasteiger partial charge in [0.25, 0.3) is 18.2 Å². The normalized spacial score (nSPS) is 11.1. The van der Waals surface area contributed by atoms with Crippen molar-refractivity contribution in [1.29, 1.82) is 0 Å². The maximum Gasteiger partial charge on any atom is 0.280 e. The molecule has 0 spiro atoms. The molecule has 0 saturated carbocycles. The number of alkyl halides is 2. The molecule has 0 fully saturated rings. The van der Waals surface area contributed by atoms with E-state index in [1.165, 1.54) is 12.3 Å².